The molecule has 1 atom stereocenters. The number of fused-ring (bicyclic) bond motifs is 1. The van der Waals surface area contributed by atoms with Crippen molar-refractivity contribution in [2.75, 3.05) is 29.3 Å². The number of pyridine rings is 1. The Morgan fingerprint density at radius 3 is 2.56 bits per heavy atom. The van der Waals surface area contributed by atoms with Gasteiger partial charge in [-0.3, -0.25) is 14.3 Å². The van der Waals surface area contributed by atoms with Crippen molar-refractivity contribution in [2.24, 2.45) is 0 Å². The van der Waals surface area contributed by atoms with E-state index in [-0.39, 0.29) is 40.7 Å². The third-order valence-electron chi connectivity index (χ3n) is 5.95. The monoisotopic (exact) mass is 553 g/mol. The minimum absolute atomic E-state index is 0.0152. The highest BCUT2D eigenvalue weighted by Gasteiger charge is 2.24. The van der Waals surface area contributed by atoms with Crippen LogP contribution < -0.4 is 14.8 Å². The Labute approximate surface area is 225 Å². The first kappa shape index (κ1) is 27.5. The van der Waals surface area contributed by atoms with E-state index < -0.39 is 22.2 Å². The highest BCUT2D eigenvalue weighted by molar-refractivity contribution is 7.80. The molecule has 0 aliphatic heterocycles. The van der Waals surface area contributed by atoms with E-state index in [1.807, 2.05) is 32.9 Å². The second kappa shape index (κ2) is 11.5. The molecule has 0 bridgehead atoms. The lowest BCUT2D eigenvalue weighted by atomic mass is 10.1. The number of aromatic nitrogens is 5. The number of carbonyl (C=O) groups is 1. The van der Waals surface area contributed by atoms with Crippen molar-refractivity contribution in [1.82, 2.24) is 24.8 Å². The van der Waals surface area contributed by atoms with E-state index in [2.05, 4.69) is 29.9 Å². The zero-order valence-electron chi connectivity index (χ0n) is 21.6. The maximum Gasteiger partial charge on any atom is 0.359 e. The van der Waals surface area contributed by atoms with Gasteiger partial charge in [0.05, 0.1) is 28.0 Å². The van der Waals surface area contributed by atoms with Gasteiger partial charge in [-0.1, -0.05) is 0 Å². The maximum absolute atomic E-state index is 12.9. The third-order valence-corrected chi connectivity index (χ3v) is 6.34. The molecule has 1 aromatic carbocycles. The lowest BCUT2D eigenvalue weighted by Crippen LogP contribution is -2.23. The van der Waals surface area contributed by atoms with Crippen LogP contribution in [0, 0.1) is 17.0 Å². The van der Waals surface area contributed by atoms with E-state index >= 15 is 0 Å². The summed E-state index contributed by atoms with van der Waals surface area (Å²) in [5.41, 5.74) is 1.28. The quantitative estimate of drug-likeness (QED) is 0.131. The number of nitrogens with zero attached hydrogens (tertiary/aromatic N) is 7. The fourth-order valence-electron chi connectivity index (χ4n) is 4.05. The van der Waals surface area contributed by atoms with Gasteiger partial charge in [-0.2, -0.15) is 9.61 Å². The zero-order chi connectivity index (χ0) is 28.3. The van der Waals surface area contributed by atoms with Crippen LogP contribution in [0.5, 0.6) is 0 Å². The standard InChI is InChI=1S/C24H26N8O6S/c1-5-30(6-2)20-11-8-15(14(4)25-20)12-18-21(24(33)38-7-3)28-31-22(26-27-23(18)31)17-13-16(32(34)35)9-10-19(17)29-39(36)37/h8-13,29H,5-7H2,1-4H3,(H,36,37)/p-1/b18-12-. The Morgan fingerprint density at radius 1 is 1.21 bits per heavy atom. The minimum atomic E-state index is -2.72. The summed E-state index contributed by atoms with van der Waals surface area (Å²) in [6.45, 7) is 9.28. The topological polar surface area (TPSA) is 181 Å². The number of carbonyl (C=O) groups excluding carboxylic acids is 1. The van der Waals surface area contributed by atoms with Crippen molar-refractivity contribution in [3.8, 4) is 11.4 Å². The van der Waals surface area contributed by atoms with Gasteiger partial charge in [-0.25, -0.2) is 9.78 Å². The molecule has 0 saturated heterocycles. The molecule has 3 aromatic heterocycles. The first-order valence-corrected chi connectivity index (χ1v) is 13.1. The highest BCUT2D eigenvalue weighted by atomic mass is 32.2. The van der Waals surface area contributed by atoms with Crippen LogP contribution in [0.4, 0.5) is 17.2 Å². The molecule has 4 rings (SSSR count). The summed E-state index contributed by atoms with van der Waals surface area (Å²) in [5, 5.41) is 24.4. The van der Waals surface area contributed by atoms with E-state index in [9.17, 15) is 23.7 Å². The smallest absolute Gasteiger partial charge is 0.359 e. The Kier molecular flexibility index (Phi) is 8.11. The fraction of sp³-hybridized carbons (Fsp3) is 0.292. The lowest BCUT2D eigenvalue weighted by Gasteiger charge is -2.20. The second-order valence-corrected chi connectivity index (χ2v) is 8.90. The van der Waals surface area contributed by atoms with Crippen LogP contribution in [-0.4, -0.2) is 64.1 Å². The van der Waals surface area contributed by atoms with Crippen LogP contribution in [-0.2, 0) is 16.0 Å². The molecular weight excluding hydrogens is 528 g/mol. The van der Waals surface area contributed by atoms with Crippen molar-refractivity contribution < 1.29 is 23.2 Å². The minimum Gasteiger partial charge on any atom is -0.755 e. The predicted molar refractivity (Wildman–Crippen MR) is 143 cm³/mol. The molecule has 0 fully saturated rings. The summed E-state index contributed by atoms with van der Waals surface area (Å²) in [6.07, 6.45) is 1.70. The SMILES string of the molecule is CCOC(=O)c1nn2c(-c3cc([N+](=O)[O-])ccc3NS(=O)[O-])nnc2/c1=C\c1ccc(N(CC)CC)nc1C. The van der Waals surface area contributed by atoms with Crippen molar-refractivity contribution in [3.63, 3.8) is 0 Å². The molecule has 15 heteroatoms. The molecule has 0 aliphatic carbocycles. The molecule has 204 valence electrons. The molecule has 0 spiro atoms. The zero-order valence-corrected chi connectivity index (χ0v) is 22.4. The van der Waals surface area contributed by atoms with Gasteiger partial charge in [0.15, 0.2) is 17.2 Å². The normalized spacial score (nSPS) is 12.5. The van der Waals surface area contributed by atoms with Gasteiger partial charge in [-0.05, 0) is 57.5 Å². The van der Waals surface area contributed by atoms with E-state index in [0.29, 0.717) is 16.5 Å². The largest absolute Gasteiger partial charge is 0.755 e. The summed E-state index contributed by atoms with van der Waals surface area (Å²) in [5.74, 6) is 0.0967. The highest BCUT2D eigenvalue weighted by Crippen LogP contribution is 2.31. The number of nitro benzene ring substituents is 1. The number of non-ortho nitro benzene ring substituents is 1. The van der Waals surface area contributed by atoms with Gasteiger partial charge < -0.3 is 18.9 Å². The van der Waals surface area contributed by atoms with Crippen LogP contribution in [0.2, 0.25) is 0 Å². The predicted octanol–water partition coefficient (Wildman–Crippen LogP) is 2.18. The Balaban J connectivity index is 1.95. The molecule has 0 aliphatic rings. The molecule has 3 heterocycles. The summed E-state index contributed by atoms with van der Waals surface area (Å²) in [6, 6.07) is 7.28. The maximum atomic E-state index is 12.9. The van der Waals surface area contributed by atoms with Crippen LogP contribution in [0.25, 0.3) is 23.1 Å². The van der Waals surface area contributed by atoms with Gasteiger partial charge in [-0.15, -0.1) is 10.2 Å². The van der Waals surface area contributed by atoms with E-state index in [0.717, 1.165) is 31.0 Å². The molecular formula is C24H25N8O6S-. The van der Waals surface area contributed by atoms with Crippen molar-refractivity contribution in [3.05, 3.63) is 62.6 Å². The van der Waals surface area contributed by atoms with Crippen LogP contribution in [0.15, 0.2) is 30.3 Å². The third kappa shape index (κ3) is 5.53. The van der Waals surface area contributed by atoms with Gasteiger partial charge in [0.25, 0.3) is 5.69 Å². The molecule has 0 saturated carbocycles. The number of aryl methyl sites for hydroxylation is 1. The Bertz CT molecular complexity index is 1640. The van der Waals surface area contributed by atoms with Crippen LogP contribution in [0.3, 0.4) is 0 Å². The van der Waals surface area contributed by atoms with Gasteiger partial charge in [0, 0.05) is 42.2 Å². The van der Waals surface area contributed by atoms with Crippen molar-refractivity contribution in [1.29, 1.82) is 0 Å². The Hall–Kier alpha value is -4.50. The molecule has 4 aromatic rings. The average molecular weight is 554 g/mol. The first-order chi connectivity index (χ1) is 18.7. The summed E-state index contributed by atoms with van der Waals surface area (Å²) in [7, 11) is 0. The van der Waals surface area contributed by atoms with Crippen LogP contribution in [0.1, 0.15) is 42.5 Å². The van der Waals surface area contributed by atoms with Crippen molar-refractivity contribution >= 4 is 46.2 Å². The van der Waals surface area contributed by atoms with E-state index in [1.165, 1.54) is 10.6 Å². The number of hydrogen-bond acceptors (Lipinski definition) is 11. The number of nitrogens with one attached hydrogen (secondary N) is 1. The number of hydrogen-bond donors (Lipinski definition) is 1. The molecule has 0 amide bonds. The number of rotatable bonds is 10. The lowest BCUT2D eigenvalue weighted by molar-refractivity contribution is -0.384. The molecule has 39 heavy (non-hydrogen) atoms. The van der Waals surface area contributed by atoms with Crippen molar-refractivity contribution in [2.45, 2.75) is 27.7 Å². The molecule has 1 N–H and O–H groups in total. The number of esters is 1. The van der Waals surface area contributed by atoms with E-state index in [1.54, 1.807) is 13.0 Å². The molecule has 1 unspecified atom stereocenters. The number of benzene rings is 1. The summed E-state index contributed by atoms with van der Waals surface area (Å²) in [4.78, 5) is 30.4. The fourth-order valence-corrected chi connectivity index (χ4v) is 4.41. The summed E-state index contributed by atoms with van der Waals surface area (Å²) >= 11 is -2.72. The van der Waals surface area contributed by atoms with Gasteiger partial charge in [0.1, 0.15) is 5.82 Å². The van der Waals surface area contributed by atoms with Gasteiger partial charge >= 0.3 is 5.97 Å². The number of nitro groups is 1. The average Bonchev–Trinajstić information content (AvgIpc) is 3.46. The molecule has 0 radical (unpaired) electrons. The first-order valence-electron chi connectivity index (χ1n) is 12.0. The number of ether oxygens (including phenoxy) is 1. The second-order valence-electron chi connectivity index (χ2n) is 8.23. The number of anilines is 2. The van der Waals surface area contributed by atoms with E-state index in [4.69, 9.17) is 4.74 Å². The molecule has 14 nitrogen and oxygen atoms in total. The van der Waals surface area contributed by atoms with Gasteiger partial charge in [0.2, 0.25) is 0 Å². The Morgan fingerprint density at radius 2 is 1.95 bits per heavy atom. The summed E-state index contributed by atoms with van der Waals surface area (Å²) < 4.78 is 31.3. The van der Waals surface area contributed by atoms with Crippen LogP contribution >= 0.6 is 0 Å².